The summed E-state index contributed by atoms with van der Waals surface area (Å²) in [5, 5.41) is 10.6. The topological polar surface area (TPSA) is 26.7 Å². The first-order valence-corrected chi connectivity index (χ1v) is 7.81. The number of hydrogen-bond acceptors (Lipinski definition) is 3. The second kappa shape index (κ2) is 7.21. The number of aliphatic hydroxyl groups excluding tert-OH is 1. The molecule has 0 spiro atoms. The second-order valence-electron chi connectivity index (χ2n) is 5.97. The standard InChI is InChI=1S/C17H28N2O/c1-4-15-6-8-16(9-7-15)17(20)14(2)19-11-5-10-18(3)12-13-19/h6-9,14,17,20H,4-5,10-13H2,1-3H3. The van der Waals surface area contributed by atoms with E-state index in [-0.39, 0.29) is 6.04 Å². The smallest absolute Gasteiger partial charge is 0.0942 e. The Morgan fingerprint density at radius 2 is 1.80 bits per heavy atom. The summed E-state index contributed by atoms with van der Waals surface area (Å²) in [7, 11) is 2.17. The van der Waals surface area contributed by atoms with Crippen molar-refractivity contribution >= 4 is 0 Å². The van der Waals surface area contributed by atoms with Crippen molar-refractivity contribution in [3.63, 3.8) is 0 Å². The van der Waals surface area contributed by atoms with E-state index in [0.29, 0.717) is 0 Å². The van der Waals surface area contributed by atoms with Crippen molar-refractivity contribution in [1.82, 2.24) is 9.80 Å². The van der Waals surface area contributed by atoms with Gasteiger partial charge in [0.2, 0.25) is 0 Å². The van der Waals surface area contributed by atoms with Gasteiger partial charge in [0.1, 0.15) is 0 Å². The highest BCUT2D eigenvalue weighted by atomic mass is 16.3. The minimum absolute atomic E-state index is 0.175. The van der Waals surface area contributed by atoms with Crippen LogP contribution in [0.2, 0.25) is 0 Å². The van der Waals surface area contributed by atoms with Crippen molar-refractivity contribution in [1.29, 1.82) is 0 Å². The molecular weight excluding hydrogens is 248 g/mol. The molecule has 1 fully saturated rings. The first-order chi connectivity index (χ1) is 9.61. The number of benzene rings is 1. The molecule has 1 saturated heterocycles. The van der Waals surface area contributed by atoms with Gasteiger partial charge in [-0.3, -0.25) is 4.90 Å². The molecule has 0 aliphatic carbocycles. The fourth-order valence-electron chi connectivity index (χ4n) is 2.90. The lowest BCUT2D eigenvalue weighted by atomic mass is 10.00. The molecule has 2 atom stereocenters. The normalized spacial score (nSPS) is 21.4. The zero-order valence-electron chi connectivity index (χ0n) is 13.0. The summed E-state index contributed by atoms with van der Waals surface area (Å²) in [6.07, 6.45) is 1.83. The van der Waals surface area contributed by atoms with E-state index in [1.807, 2.05) is 0 Å². The van der Waals surface area contributed by atoms with Crippen molar-refractivity contribution in [2.24, 2.45) is 0 Å². The average Bonchev–Trinajstić information content (AvgIpc) is 2.70. The molecule has 2 rings (SSSR count). The molecule has 0 radical (unpaired) electrons. The van der Waals surface area contributed by atoms with E-state index in [1.54, 1.807) is 0 Å². The SMILES string of the molecule is CCc1ccc(C(O)C(C)N2CCCN(C)CC2)cc1. The van der Waals surface area contributed by atoms with Gasteiger partial charge < -0.3 is 10.0 Å². The lowest BCUT2D eigenvalue weighted by molar-refractivity contribution is 0.0602. The molecule has 1 aliphatic rings. The van der Waals surface area contributed by atoms with Crippen LogP contribution in [-0.2, 0) is 6.42 Å². The van der Waals surface area contributed by atoms with Crippen LogP contribution in [0.1, 0.15) is 37.5 Å². The Balaban J connectivity index is 2.01. The van der Waals surface area contributed by atoms with Crippen molar-refractivity contribution in [3.05, 3.63) is 35.4 Å². The molecule has 0 aromatic heterocycles. The average molecular weight is 276 g/mol. The number of aryl methyl sites for hydroxylation is 1. The van der Waals surface area contributed by atoms with Crippen LogP contribution in [0.25, 0.3) is 0 Å². The van der Waals surface area contributed by atoms with Crippen molar-refractivity contribution in [2.75, 3.05) is 33.2 Å². The molecule has 1 aromatic carbocycles. The van der Waals surface area contributed by atoms with Crippen molar-refractivity contribution in [3.8, 4) is 0 Å². The molecule has 1 heterocycles. The molecular formula is C17H28N2O. The van der Waals surface area contributed by atoms with E-state index in [2.05, 4.69) is 55.0 Å². The molecule has 1 N–H and O–H groups in total. The van der Waals surface area contributed by atoms with Gasteiger partial charge in [0, 0.05) is 19.1 Å². The van der Waals surface area contributed by atoms with Gasteiger partial charge in [0.25, 0.3) is 0 Å². The van der Waals surface area contributed by atoms with Gasteiger partial charge in [-0.1, -0.05) is 31.2 Å². The van der Waals surface area contributed by atoms with E-state index < -0.39 is 6.10 Å². The third-order valence-corrected chi connectivity index (χ3v) is 4.52. The van der Waals surface area contributed by atoms with Crippen LogP contribution in [0.4, 0.5) is 0 Å². The van der Waals surface area contributed by atoms with E-state index in [0.717, 1.165) is 38.2 Å². The van der Waals surface area contributed by atoms with Gasteiger partial charge in [-0.05, 0) is 51.0 Å². The molecule has 0 bridgehead atoms. The molecule has 3 heteroatoms. The number of rotatable bonds is 4. The molecule has 112 valence electrons. The Labute approximate surface area is 123 Å². The summed E-state index contributed by atoms with van der Waals surface area (Å²) < 4.78 is 0. The predicted molar refractivity (Wildman–Crippen MR) is 83.9 cm³/mol. The van der Waals surface area contributed by atoms with Gasteiger partial charge in [-0.2, -0.15) is 0 Å². The Bertz CT molecular complexity index is 404. The largest absolute Gasteiger partial charge is 0.387 e. The molecule has 0 amide bonds. The summed E-state index contributed by atoms with van der Waals surface area (Å²) in [6.45, 7) is 8.67. The third kappa shape index (κ3) is 3.81. The van der Waals surface area contributed by atoms with E-state index in [9.17, 15) is 5.11 Å². The highest BCUT2D eigenvalue weighted by Crippen LogP contribution is 2.22. The summed E-state index contributed by atoms with van der Waals surface area (Å²) in [5.41, 5.74) is 2.36. The highest BCUT2D eigenvalue weighted by Gasteiger charge is 2.24. The number of hydrogen-bond donors (Lipinski definition) is 1. The van der Waals surface area contributed by atoms with Gasteiger partial charge >= 0.3 is 0 Å². The number of aliphatic hydroxyl groups is 1. The Kier molecular flexibility index (Phi) is 5.58. The minimum Gasteiger partial charge on any atom is -0.387 e. The summed E-state index contributed by atoms with van der Waals surface area (Å²) >= 11 is 0. The summed E-state index contributed by atoms with van der Waals surface area (Å²) in [4.78, 5) is 4.79. The van der Waals surface area contributed by atoms with Crippen LogP contribution in [0.5, 0.6) is 0 Å². The molecule has 3 nitrogen and oxygen atoms in total. The minimum atomic E-state index is -0.399. The van der Waals surface area contributed by atoms with E-state index in [1.165, 1.54) is 12.0 Å². The molecule has 1 aliphatic heterocycles. The first-order valence-electron chi connectivity index (χ1n) is 7.81. The summed E-state index contributed by atoms with van der Waals surface area (Å²) in [5.74, 6) is 0. The van der Waals surface area contributed by atoms with Gasteiger partial charge in [-0.25, -0.2) is 0 Å². The maximum atomic E-state index is 10.6. The number of likely N-dealkylation sites (N-methyl/N-ethyl adjacent to an activating group) is 1. The van der Waals surface area contributed by atoms with Crippen LogP contribution in [0, 0.1) is 0 Å². The zero-order chi connectivity index (χ0) is 14.5. The Hall–Kier alpha value is -0.900. The zero-order valence-corrected chi connectivity index (χ0v) is 13.0. The maximum absolute atomic E-state index is 10.6. The lowest BCUT2D eigenvalue weighted by Gasteiger charge is -2.31. The van der Waals surface area contributed by atoms with Crippen LogP contribution in [0.15, 0.2) is 24.3 Å². The van der Waals surface area contributed by atoms with Crippen molar-refractivity contribution in [2.45, 2.75) is 38.8 Å². The lowest BCUT2D eigenvalue weighted by Crippen LogP contribution is -2.39. The molecule has 0 saturated carbocycles. The quantitative estimate of drug-likeness (QED) is 0.914. The van der Waals surface area contributed by atoms with Crippen molar-refractivity contribution < 1.29 is 5.11 Å². The fourth-order valence-corrected chi connectivity index (χ4v) is 2.90. The fraction of sp³-hybridized carbons (Fsp3) is 0.647. The molecule has 20 heavy (non-hydrogen) atoms. The Morgan fingerprint density at radius 3 is 2.45 bits per heavy atom. The van der Waals surface area contributed by atoms with Crippen LogP contribution < -0.4 is 0 Å². The molecule has 1 aromatic rings. The monoisotopic (exact) mass is 276 g/mol. The van der Waals surface area contributed by atoms with Crippen LogP contribution in [0.3, 0.4) is 0 Å². The summed E-state index contributed by atoms with van der Waals surface area (Å²) in [6, 6.07) is 8.57. The van der Waals surface area contributed by atoms with E-state index >= 15 is 0 Å². The maximum Gasteiger partial charge on any atom is 0.0942 e. The molecule has 2 unspecified atom stereocenters. The van der Waals surface area contributed by atoms with Gasteiger partial charge in [-0.15, -0.1) is 0 Å². The second-order valence-corrected chi connectivity index (χ2v) is 5.97. The van der Waals surface area contributed by atoms with E-state index in [4.69, 9.17) is 0 Å². The van der Waals surface area contributed by atoms with Gasteiger partial charge in [0.15, 0.2) is 0 Å². The third-order valence-electron chi connectivity index (χ3n) is 4.52. The highest BCUT2D eigenvalue weighted by molar-refractivity contribution is 5.25. The Morgan fingerprint density at radius 1 is 1.10 bits per heavy atom. The number of nitrogens with zero attached hydrogens (tertiary/aromatic N) is 2. The van der Waals surface area contributed by atoms with Gasteiger partial charge in [0.05, 0.1) is 6.10 Å². The van der Waals surface area contributed by atoms with Crippen LogP contribution >= 0.6 is 0 Å². The predicted octanol–water partition coefficient (Wildman–Crippen LogP) is 2.31. The van der Waals surface area contributed by atoms with Crippen LogP contribution in [-0.4, -0.2) is 54.2 Å². The first kappa shape index (κ1) is 15.5.